The van der Waals surface area contributed by atoms with Crippen molar-refractivity contribution in [2.75, 3.05) is 0 Å². The molecule has 0 saturated heterocycles. The Morgan fingerprint density at radius 3 is 1.25 bits per heavy atom. The quantitative estimate of drug-likeness (QED) is 0.0819. The maximum Gasteiger partial charge on any atom is 0.345 e. The van der Waals surface area contributed by atoms with E-state index in [1.165, 1.54) is 120 Å². The molecule has 1 spiro atoms. The summed E-state index contributed by atoms with van der Waals surface area (Å²) in [6, 6.07) is 79.5. The topological polar surface area (TPSA) is 139 Å². The molecule has 20 aromatic rings. The number of hydrogen-bond acceptors (Lipinski definition) is 11. The van der Waals surface area contributed by atoms with Crippen molar-refractivity contribution in [1.82, 2.24) is 0 Å². The Morgan fingerprint density at radius 1 is 0.280 bits per heavy atom. The van der Waals surface area contributed by atoms with Crippen LogP contribution in [0.15, 0.2) is 279 Å². The third-order valence-corrected chi connectivity index (χ3v) is 27.0. The van der Waals surface area contributed by atoms with Crippen molar-refractivity contribution >= 4 is 154 Å². The lowest BCUT2D eigenvalue weighted by atomic mass is 9.69. The van der Waals surface area contributed by atoms with Crippen LogP contribution in [-0.2, 0) is 31.5 Å². The molecule has 10 nitrogen and oxygen atoms in total. The van der Waals surface area contributed by atoms with Gasteiger partial charge < -0.3 is 27.1 Å². The van der Waals surface area contributed by atoms with Crippen molar-refractivity contribution in [3.63, 3.8) is 0 Å². The van der Waals surface area contributed by atoms with Crippen molar-refractivity contribution in [3.05, 3.63) is 372 Å². The fourth-order valence-electron chi connectivity index (χ4n) is 20.5. The highest BCUT2D eigenvalue weighted by Gasteiger charge is 2.52. The van der Waals surface area contributed by atoms with Crippen LogP contribution >= 0.6 is 11.3 Å². The number of ether oxygens (including phenoxy) is 2. The van der Waals surface area contributed by atoms with E-state index in [2.05, 4.69) is 185 Å². The predicted octanol–water partition coefficient (Wildman–Crippen LogP) is 26.0. The maximum absolute atomic E-state index is 13.8. The first-order valence-electron chi connectivity index (χ1n) is 40.2. The summed E-state index contributed by atoms with van der Waals surface area (Å²) in [5, 5.41) is 17.5. The molecule has 0 fully saturated rings. The van der Waals surface area contributed by atoms with E-state index < -0.39 is 27.9 Å². The Labute approximate surface area is 679 Å². The van der Waals surface area contributed by atoms with Gasteiger partial charge in [0.25, 0.3) is 0 Å². The Bertz CT molecular complexity index is 8040. The van der Waals surface area contributed by atoms with Crippen molar-refractivity contribution in [2.24, 2.45) is 0 Å². The summed E-state index contributed by atoms with van der Waals surface area (Å²) >= 11 is 1.87. The van der Waals surface area contributed by atoms with Crippen molar-refractivity contribution in [3.8, 4) is 43.5 Å². The Kier molecular flexibility index (Phi) is 15.0. The summed E-state index contributed by atoms with van der Waals surface area (Å²) in [5.41, 5.74) is 26.7. The second-order valence-electron chi connectivity index (χ2n) is 33.0. The molecule has 4 aliphatic carbocycles. The number of thiophene rings is 1. The van der Waals surface area contributed by atoms with Gasteiger partial charge in [-0.15, -0.1) is 11.3 Å². The van der Waals surface area contributed by atoms with E-state index in [1.54, 1.807) is 12.1 Å². The molecule has 0 bridgehead atoms. The van der Waals surface area contributed by atoms with Gasteiger partial charge in [-0.1, -0.05) is 187 Å². The zero-order valence-electron chi connectivity index (χ0n) is 65.9. The molecular formula is C107H72O10S. The Hall–Kier alpha value is -14.0. The van der Waals surface area contributed by atoms with Gasteiger partial charge in [-0.05, 0) is 267 Å². The lowest BCUT2D eigenvalue weighted by Crippen LogP contribution is -2.26. The summed E-state index contributed by atoms with van der Waals surface area (Å²) in [5.74, 6) is 2.00. The molecule has 7 heterocycles. The van der Waals surface area contributed by atoms with Crippen LogP contribution in [0.1, 0.15) is 103 Å². The third kappa shape index (κ3) is 10.0. The Morgan fingerprint density at radius 2 is 0.703 bits per heavy atom. The standard InChI is InChI=1S/C35H20O4.C30H18O4.C22H18.C20H16O2S/c1-17-11-12-21-22-16-26-31-30-25(35(26)23-9-5-3-7-19(23)20-8-4-6-10-24(20)35)13-18(2)15-28(30)39-34(37)32(31)29(22)33(36)38-27(21)14-17;1-15-11-25-27(19-9-5-3-7-17(15)19)21-13-24-22(14-23(21)29(31)33-25)28-20-10-6-4-8-18(20)16(2)12-26(28)34-30(24)32;1-13-9-15-3-5-17-18-6-4-16-10-14(2)12-22(16)20(18)8-7-19(17)21(15)11-13;1-11-3-5-13-17(7-11)21-9-15-16-10-22-18-8-12(2)4-6-14(18)20(16)23-19(13)15/h3-16H,1-2H3;3-14H,1-2H3;3-10H,11-12H2,1-2H3;3-8H,9-10H2,1-2H3. The first-order chi connectivity index (χ1) is 57.4. The highest BCUT2D eigenvalue weighted by atomic mass is 32.1. The SMILES string of the molecule is CC1=Cc2ccc3c(ccc4c5c(ccc43)C=C(C)C5)c2C1.Cc1cc2oc(=O)c3cc4c(cc3c2c2ccccc12)c(=O)oc1cc(C)c2ccccc2c14.Cc1ccc2c(c1)OCc1c-2sc2c1COc1cc(C)ccc1-2.Cc1ccc2c(c1)oc(=O)c1c2cc2c3c4c(cc(C)cc4oc(=O)c31)C21c2ccccc2-c2ccccc21. The monoisotopic (exact) mass is 1550 g/mol. The zero-order chi connectivity index (χ0) is 79.7. The van der Waals surface area contributed by atoms with E-state index in [1.807, 2.05) is 112 Å². The van der Waals surface area contributed by atoms with E-state index in [-0.39, 0.29) is 5.39 Å². The van der Waals surface area contributed by atoms with Crippen LogP contribution in [0.3, 0.4) is 0 Å². The molecule has 6 aliphatic rings. The van der Waals surface area contributed by atoms with E-state index in [0.717, 1.165) is 106 Å². The van der Waals surface area contributed by atoms with Crippen LogP contribution in [0, 0.1) is 41.5 Å². The van der Waals surface area contributed by atoms with Crippen LogP contribution in [0.25, 0.3) is 174 Å². The molecular weight excluding hydrogens is 1480 g/mol. The molecule has 0 radical (unpaired) electrons. The number of allylic oxidation sites excluding steroid dienone is 2. The van der Waals surface area contributed by atoms with Gasteiger partial charge in [-0.3, -0.25) is 0 Å². The molecule has 2 aliphatic heterocycles. The van der Waals surface area contributed by atoms with Crippen molar-refractivity contribution in [2.45, 2.75) is 86.9 Å². The Balaban J connectivity index is 0.0000000949. The number of benzene rings is 15. The molecule has 11 heteroatoms. The zero-order valence-corrected chi connectivity index (χ0v) is 66.7. The lowest BCUT2D eigenvalue weighted by molar-refractivity contribution is 0.282. The second kappa shape index (κ2) is 25.5. The molecule has 0 N–H and O–H groups in total. The van der Waals surface area contributed by atoms with Gasteiger partial charge in [0.05, 0.1) is 27.0 Å². The van der Waals surface area contributed by atoms with Gasteiger partial charge in [-0.25, -0.2) is 19.2 Å². The summed E-state index contributed by atoms with van der Waals surface area (Å²) in [6.45, 7) is 17.9. The second-order valence-corrected chi connectivity index (χ2v) is 34.0. The lowest BCUT2D eigenvalue weighted by Gasteiger charge is -2.31. The predicted molar refractivity (Wildman–Crippen MR) is 481 cm³/mol. The molecule has 0 amide bonds. The third-order valence-electron chi connectivity index (χ3n) is 25.6. The average molecular weight is 1550 g/mol. The highest BCUT2D eigenvalue weighted by Crippen LogP contribution is 2.63. The fourth-order valence-corrected chi connectivity index (χ4v) is 21.9. The van der Waals surface area contributed by atoms with E-state index in [4.69, 9.17) is 27.1 Å². The van der Waals surface area contributed by atoms with Crippen molar-refractivity contribution in [1.29, 1.82) is 0 Å². The van der Waals surface area contributed by atoms with Gasteiger partial charge in [0.2, 0.25) is 0 Å². The van der Waals surface area contributed by atoms with Gasteiger partial charge >= 0.3 is 22.5 Å². The van der Waals surface area contributed by atoms with Gasteiger partial charge in [-0.2, -0.15) is 0 Å². The molecule has 0 atom stereocenters. The molecule has 5 aromatic heterocycles. The van der Waals surface area contributed by atoms with E-state index in [0.29, 0.717) is 67.9 Å². The van der Waals surface area contributed by atoms with Crippen molar-refractivity contribution < 1.29 is 27.1 Å². The number of fused-ring (bicyclic) bond motifs is 35. The fraction of sp³-hybridized carbons (Fsp3) is 0.121. The summed E-state index contributed by atoms with van der Waals surface area (Å²) < 4.78 is 35.4. The maximum atomic E-state index is 13.8. The minimum Gasteiger partial charge on any atom is -0.488 e. The van der Waals surface area contributed by atoms with Gasteiger partial charge in [0, 0.05) is 75.1 Å². The number of rotatable bonds is 0. The summed E-state index contributed by atoms with van der Waals surface area (Å²) in [4.78, 5) is 56.3. The number of aryl methyl sites for hydroxylation is 6. The van der Waals surface area contributed by atoms with Crippen LogP contribution in [0.5, 0.6) is 11.5 Å². The first-order valence-corrected chi connectivity index (χ1v) is 41.0. The molecule has 0 saturated carbocycles. The molecule has 15 aromatic carbocycles. The smallest absolute Gasteiger partial charge is 0.345 e. The van der Waals surface area contributed by atoms with Crippen LogP contribution < -0.4 is 32.0 Å². The normalized spacial score (nSPS) is 13.9. The minimum atomic E-state index is -0.650. The van der Waals surface area contributed by atoms with Crippen LogP contribution in [-0.4, -0.2) is 0 Å². The highest BCUT2D eigenvalue weighted by molar-refractivity contribution is 7.19. The average Bonchev–Trinajstić information content (AvgIpc) is 1.49. The summed E-state index contributed by atoms with van der Waals surface area (Å²) in [6.07, 6.45) is 6.86. The largest absolute Gasteiger partial charge is 0.488 e. The van der Waals surface area contributed by atoms with Gasteiger partial charge in [0.15, 0.2) is 0 Å². The molecule has 118 heavy (non-hydrogen) atoms. The van der Waals surface area contributed by atoms with Crippen LogP contribution in [0.4, 0.5) is 0 Å². The molecule has 26 rings (SSSR count). The first kappa shape index (κ1) is 69.5. The molecule has 0 unspecified atom stereocenters. The molecule has 566 valence electrons. The minimum absolute atomic E-state index is 0.281. The number of hydrogen-bond donors (Lipinski definition) is 0. The summed E-state index contributed by atoms with van der Waals surface area (Å²) in [7, 11) is 0. The van der Waals surface area contributed by atoms with E-state index >= 15 is 0 Å². The van der Waals surface area contributed by atoms with Crippen LogP contribution in [0.2, 0.25) is 0 Å². The van der Waals surface area contributed by atoms with E-state index in [9.17, 15) is 19.2 Å². The van der Waals surface area contributed by atoms with Gasteiger partial charge in [0.1, 0.15) is 47.0 Å².